The molecule has 0 atom stereocenters. The summed E-state index contributed by atoms with van der Waals surface area (Å²) in [4.78, 5) is 2.58. The van der Waals surface area contributed by atoms with E-state index in [4.69, 9.17) is 0 Å². The summed E-state index contributed by atoms with van der Waals surface area (Å²) in [5.41, 5.74) is 0.903. The Morgan fingerprint density at radius 1 is 0.565 bits per heavy atom. The predicted molar refractivity (Wildman–Crippen MR) is 108 cm³/mol. The maximum atomic E-state index is 2.58. The molecule has 0 spiro atoms. The first-order valence-electron chi connectivity index (χ1n) is 9.36. The quantitative estimate of drug-likeness (QED) is 0.495. The number of hydrogen-bond acceptors (Lipinski definition) is 1. The van der Waals surface area contributed by atoms with Gasteiger partial charge in [-0.15, -0.1) is 0 Å². The van der Waals surface area contributed by atoms with Crippen molar-refractivity contribution in [3.63, 3.8) is 0 Å². The smallest absolute Gasteiger partial charge is 0.0125 e. The zero-order chi connectivity index (χ0) is 18.4. The zero-order valence-electron chi connectivity index (χ0n) is 17.4. The van der Waals surface area contributed by atoms with Crippen LogP contribution >= 0.6 is 0 Å². The minimum Gasteiger partial charge on any atom is -0.298 e. The molecular weight excluding hydrogens is 278 g/mol. The van der Waals surface area contributed by atoms with E-state index in [2.05, 4.69) is 53.4 Å². The fraction of sp³-hybridized carbons (Fsp3) is 0.727. The maximum Gasteiger partial charge on any atom is 0.0125 e. The largest absolute Gasteiger partial charge is 0.298 e. The van der Waals surface area contributed by atoms with Crippen LogP contribution in [-0.2, 0) is 0 Å². The molecule has 1 saturated heterocycles. The molecule has 1 heterocycles. The summed E-state index contributed by atoms with van der Waals surface area (Å²) in [6.07, 6.45) is 4.24. The van der Waals surface area contributed by atoms with Gasteiger partial charge < -0.3 is 0 Å². The molecule has 1 heteroatoms. The second kappa shape index (κ2) is 13.6. The van der Waals surface area contributed by atoms with E-state index in [9.17, 15) is 0 Å². The molecule has 1 nitrogen and oxygen atoms in total. The summed E-state index contributed by atoms with van der Waals surface area (Å²) in [5, 5.41) is 0. The molecule has 0 bridgehead atoms. The van der Waals surface area contributed by atoms with Crippen molar-refractivity contribution in [2.75, 3.05) is 13.1 Å². The van der Waals surface area contributed by atoms with Gasteiger partial charge in [0.1, 0.15) is 0 Å². The van der Waals surface area contributed by atoms with Crippen LogP contribution in [0.4, 0.5) is 0 Å². The van der Waals surface area contributed by atoms with Crippen LogP contribution in [0.2, 0.25) is 0 Å². The number of benzene rings is 1. The van der Waals surface area contributed by atoms with Crippen molar-refractivity contribution < 1.29 is 0 Å². The lowest BCUT2D eigenvalue weighted by Gasteiger charge is -2.38. The Morgan fingerprint density at radius 2 is 0.826 bits per heavy atom. The van der Waals surface area contributed by atoms with E-state index in [-0.39, 0.29) is 0 Å². The molecule has 1 aliphatic heterocycles. The molecule has 0 aromatic heterocycles. The van der Waals surface area contributed by atoms with Crippen molar-refractivity contribution in [3.05, 3.63) is 36.4 Å². The van der Waals surface area contributed by atoms with Gasteiger partial charge in [0.2, 0.25) is 0 Å². The SMILES string of the molecule is CC.CC(C)(C)C.CC(C)(C)N1CCCCC1.c1ccccc1. The highest BCUT2D eigenvalue weighted by Gasteiger charge is 2.21. The average Bonchev–Trinajstić information content (AvgIpc) is 2.50. The monoisotopic (exact) mass is 321 g/mol. The van der Waals surface area contributed by atoms with Crippen molar-refractivity contribution in [1.82, 2.24) is 4.90 Å². The highest BCUT2D eigenvalue weighted by Crippen LogP contribution is 2.19. The van der Waals surface area contributed by atoms with Gasteiger partial charge in [0, 0.05) is 5.54 Å². The predicted octanol–water partition coefficient (Wildman–Crippen LogP) is 7.04. The average molecular weight is 322 g/mol. The van der Waals surface area contributed by atoms with Gasteiger partial charge in [-0.3, -0.25) is 4.90 Å². The second-order valence-corrected chi connectivity index (χ2v) is 8.37. The van der Waals surface area contributed by atoms with Gasteiger partial charge in [-0.2, -0.15) is 0 Å². The van der Waals surface area contributed by atoms with E-state index in [0.717, 1.165) is 0 Å². The zero-order valence-corrected chi connectivity index (χ0v) is 17.4. The van der Waals surface area contributed by atoms with Crippen molar-refractivity contribution in [2.24, 2.45) is 5.41 Å². The number of hydrogen-bond donors (Lipinski definition) is 0. The minimum atomic E-state index is 0.403. The molecule has 0 N–H and O–H groups in total. The van der Waals surface area contributed by atoms with Gasteiger partial charge >= 0.3 is 0 Å². The summed E-state index contributed by atoms with van der Waals surface area (Å²) in [6, 6.07) is 12.0. The van der Waals surface area contributed by atoms with Crippen LogP contribution in [0.15, 0.2) is 36.4 Å². The Hall–Kier alpha value is -0.820. The Balaban J connectivity index is 0. The molecule has 0 unspecified atom stereocenters. The first-order valence-corrected chi connectivity index (χ1v) is 9.36. The topological polar surface area (TPSA) is 3.24 Å². The van der Waals surface area contributed by atoms with Crippen LogP contribution in [0, 0.1) is 5.41 Å². The molecule has 1 fully saturated rings. The third kappa shape index (κ3) is 21.2. The summed E-state index contributed by atoms with van der Waals surface area (Å²) in [7, 11) is 0. The highest BCUT2D eigenvalue weighted by atomic mass is 15.2. The molecule has 0 saturated carbocycles. The summed E-state index contributed by atoms with van der Waals surface area (Å²) in [6.45, 7) is 22.3. The Labute approximate surface area is 147 Å². The second-order valence-electron chi connectivity index (χ2n) is 8.37. The summed E-state index contributed by atoms with van der Waals surface area (Å²) >= 11 is 0. The Morgan fingerprint density at radius 3 is 1.00 bits per heavy atom. The third-order valence-corrected chi connectivity index (χ3v) is 2.97. The van der Waals surface area contributed by atoms with E-state index in [0.29, 0.717) is 11.0 Å². The molecule has 0 aliphatic carbocycles. The lowest BCUT2D eigenvalue weighted by molar-refractivity contribution is 0.111. The van der Waals surface area contributed by atoms with E-state index >= 15 is 0 Å². The molecule has 1 aromatic carbocycles. The van der Waals surface area contributed by atoms with Gasteiger partial charge in [-0.05, 0) is 52.1 Å². The van der Waals surface area contributed by atoms with Crippen LogP contribution in [0.1, 0.15) is 81.6 Å². The summed E-state index contributed by atoms with van der Waals surface area (Å²) < 4.78 is 0. The Bertz CT molecular complexity index is 291. The fourth-order valence-electron chi connectivity index (χ4n) is 1.95. The Kier molecular flexibility index (Phi) is 14.5. The molecular formula is C22H43N. The fourth-order valence-corrected chi connectivity index (χ4v) is 1.95. The lowest BCUT2D eigenvalue weighted by atomic mass is 10.0. The lowest BCUT2D eigenvalue weighted by Crippen LogP contribution is -2.44. The molecule has 1 aromatic rings. The van der Waals surface area contributed by atoms with Gasteiger partial charge in [-0.1, -0.05) is 84.4 Å². The van der Waals surface area contributed by atoms with Crippen LogP contribution in [0.25, 0.3) is 0 Å². The van der Waals surface area contributed by atoms with Crippen molar-refractivity contribution >= 4 is 0 Å². The number of rotatable bonds is 0. The maximum absolute atomic E-state index is 2.58. The van der Waals surface area contributed by atoms with E-state index in [1.165, 1.54) is 32.4 Å². The minimum absolute atomic E-state index is 0.403. The van der Waals surface area contributed by atoms with E-state index in [1.807, 2.05) is 50.2 Å². The van der Waals surface area contributed by atoms with Crippen molar-refractivity contribution in [3.8, 4) is 0 Å². The van der Waals surface area contributed by atoms with E-state index in [1.54, 1.807) is 0 Å². The molecule has 2 rings (SSSR count). The molecule has 0 amide bonds. The van der Waals surface area contributed by atoms with Gasteiger partial charge in [0.25, 0.3) is 0 Å². The number of nitrogens with zero attached hydrogens (tertiary/aromatic N) is 1. The highest BCUT2D eigenvalue weighted by molar-refractivity contribution is 4.99. The van der Waals surface area contributed by atoms with E-state index < -0.39 is 0 Å². The molecule has 1 aliphatic rings. The first-order chi connectivity index (χ1) is 10.6. The molecule has 0 radical (unpaired) electrons. The van der Waals surface area contributed by atoms with Crippen LogP contribution in [-0.4, -0.2) is 23.5 Å². The third-order valence-electron chi connectivity index (χ3n) is 2.97. The summed E-state index contributed by atoms with van der Waals surface area (Å²) in [5.74, 6) is 0. The van der Waals surface area contributed by atoms with Crippen LogP contribution in [0.5, 0.6) is 0 Å². The van der Waals surface area contributed by atoms with Gasteiger partial charge in [0.05, 0.1) is 0 Å². The van der Waals surface area contributed by atoms with Crippen LogP contribution < -0.4 is 0 Å². The van der Waals surface area contributed by atoms with Gasteiger partial charge in [-0.25, -0.2) is 0 Å². The number of piperidine rings is 1. The van der Waals surface area contributed by atoms with Crippen molar-refractivity contribution in [2.45, 2.75) is 87.1 Å². The molecule has 23 heavy (non-hydrogen) atoms. The van der Waals surface area contributed by atoms with Gasteiger partial charge in [0.15, 0.2) is 0 Å². The molecule has 136 valence electrons. The normalized spacial score (nSPS) is 15.0. The first kappa shape index (κ1) is 24.4. The van der Waals surface area contributed by atoms with Crippen LogP contribution in [0.3, 0.4) is 0 Å². The van der Waals surface area contributed by atoms with Crippen molar-refractivity contribution in [1.29, 1.82) is 0 Å². The number of likely N-dealkylation sites (tertiary alicyclic amines) is 1. The standard InChI is InChI=1S/C9H19N.C6H6.C5H12.C2H6/c1-9(2,3)10-7-5-4-6-8-10;1-2-4-6-5-3-1;1-5(2,3)4;1-2/h4-8H2,1-3H3;1-6H;1-4H3;1-2H3.